The first-order valence-electron chi connectivity index (χ1n) is 8.88. The Labute approximate surface area is 182 Å². The minimum Gasteiger partial charge on any atom is -0.484 e. The molecule has 2 rings (SSSR count). The fraction of sp³-hybridized carbons (Fsp3) is 0.333. The van der Waals surface area contributed by atoms with Gasteiger partial charge in [-0.05, 0) is 61.7 Å². The molecule has 7 heteroatoms. The maximum Gasteiger partial charge on any atom is 0.261 e. The standard InChI is InChI=1S/C21H24Br2N2O3/c1-13-8-18(9-14(2)20(13)23)28-12-19(26)25(15(3)21(27)24-4)11-16-6-5-7-17(22)10-16/h5-10,15H,11-12H2,1-4H3,(H,24,27). The van der Waals surface area contributed by atoms with Gasteiger partial charge in [0, 0.05) is 22.5 Å². The monoisotopic (exact) mass is 510 g/mol. The zero-order valence-electron chi connectivity index (χ0n) is 16.4. The summed E-state index contributed by atoms with van der Waals surface area (Å²) in [5.74, 6) is 0.148. The first-order valence-corrected chi connectivity index (χ1v) is 10.5. The third kappa shape index (κ3) is 5.82. The van der Waals surface area contributed by atoms with Crippen LogP contribution in [0, 0.1) is 13.8 Å². The molecule has 1 unspecified atom stereocenters. The van der Waals surface area contributed by atoms with Crippen molar-refractivity contribution in [1.29, 1.82) is 0 Å². The Morgan fingerprint density at radius 3 is 2.36 bits per heavy atom. The third-order valence-corrected chi connectivity index (χ3v) is 6.17. The molecule has 0 spiro atoms. The van der Waals surface area contributed by atoms with Crippen molar-refractivity contribution in [3.63, 3.8) is 0 Å². The summed E-state index contributed by atoms with van der Waals surface area (Å²) < 4.78 is 7.68. The van der Waals surface area contributed by atoms with Crippen molar-refractivity contribution in [2.75, 3.05) is 13.7 Å². The summed E-state index contributed by atoms with van der Waals surface area (Å²) in [6.45, 7) is 5.82. The van der Waals surface area contributed by atoms with Crippen LogP contribution < -0.4 is 10.1 Å². The van der Waals surface area contributed by atoms with E-state index in [2.05, 4.69) is 37.2 Å². The summed E-state index contributed by atoms with van der Waals surface area (Å²) in [5, 5.41) is 2.60. The highest BCUT2D eigenvalue weighted by Gasteiger charge is 2.26. The van der Waals surface area contributed by atoms with E-state index in [-0.39, 0.29) is 18.4 Å². The minimum atomic E-state index is -0.617. The Kier molecular flexibility index (Phi) is 8.07. The van der Waals surface area contributed by atoms with E-state index in [9.17, 15) is 9.59 Å². The van der Waals surface area contributed by atoms with Crippen molar-refractivity contribution in [1.82, 2.24) is 10.2 Å². The molecule has 5 nitrogen and oxygen atoms in total. The highest BCUT2D eigenvalue weighted by molar-refractivity contribution is 9.10. The van der Waals surface area contributed by atoms with Gasteiger partial charge in [0.25, 0.3) is 5.91 Å². The Morgan fingerprint density at radius 1 is 1.14 bits per heavy atom. The molecule has 2 aromatic carbocycles. The van der Waals surface area contributed by atoms with E-state index in [1.807, 2.05) is 50.2 Å². The first kappa shape index (κ1) is 22.4. The number of nitrogens with zero attached hydrogens (tertiary/aromatic N) is 1. The van der Waals surface area contributed by atoms with Gasteiger partial charge in [0.1, 0.15) is 11.8 Å². The molecule has 0 radical (unpaired) electrons. The van der Waals surface area contributed by atoms with Gasteiger partial charge in [-0.25, -0.2) is 0 Å². The average Bonchev–Trinajstić information content (AvgIpc) is 2.67. The predicted molar refractivity (Wildman–Crippen MR) is 117 cm³/mol. The van der Waals surface area contributed by atoms with Crippen LogP contribution in [0.5, 0.6) is 5.75 Å². The summed E-state index contributed by atoms with van der Waals surface area (Å²) >= 11 is 6.96. The molecule has 28 heavy (non-hydrogen) atoms. The summed E-state index contributed by atoms with van der Waals surface area (Å²) in [4.78, 5) is 26.6. The van der Waals surface area contributed by atoms with Gasteiger partial charge in [0.2, 0.25) is 5.91 Å². The quantitative estimate of drug-likeness (QED) is 0.600. The van der Waals surface area contributed by atoms with Gasteiger partial charge in [0.05, 0.1) is 0 Å². The number of benzene rings is 2. The summed E-state index contributed by atoms with van der Waals surface area (Å²) in [7, 11) is 1.56. The van der Waals surface area contributed by atoms with Crippen molar-refractivity contribution in [2.45, 2.75) is 33.4 Å². The molecule has 0 aromatic heterocycles. The molecule has 0 aliphatic rings. The molecule has 1 atom stereocenters. The lowest BCUT2D eigenvalue weighted by molar-refractivity contribution is -0.142. The van der Waals surface area contributed by atoms with Crippen LogP contribution in [0.2, 0.25) is 0 Å². The molecule has 1 N–H and O–H groups in total. The second kappa shape index (κ2) is 10.1. The van der Waals surface area contributed by atoms with Gasteiger partial charge in [-0.15, -0.1) is 0 Å². The average molecular weight is 512 g/mol. The lowest BCUT2D eigenvalue weighted by Gasteiger charge is -2.28. The number of likely N-dealkylation sites (N-methyl/N-ethyl adjacent to an activating group) is 1. The summed E-state index contributed by atoms with van der Waals surface area (Å²) in [6, 6.07) is 10.8. The van der Waals surface area contributed by atoms with E-state index in [0.717, 1.165) is 25.6 Å². The molecule has 0 bridgehead atoms. The number of rotatable bonds is 7. The van der Waals surface area contributed by atoms with Crippen LogP contribution in [0.15, 0.2) is 45.3 Å². The highest BCUT2D eigenvalue weighted by atomic mass is 79.9. The molecule has 0 fully saturated rings. The molecule has 0 saturated carbocycles. The van der Waals surface area contributed by atoms with Crippen LogP contribution in [0.25, 0.3) is 0 Å². The Hall–Kier alpha value is -1.86. The van der Waals surface area contributed by atoms with Gasteiger partial charge in [-0.3, -0.25) is 9.59 Å². The lowest BCUT2D eigenvalue weighted by atomic mass is 10.1. The van der Waals surface area contributed by atoms with Crippen molar-refractivity contribution in [2.24, 2.45) is 0 Å². The fourth-order valence-corrected chi connectivity index (χ4v) is 3.52. The van der Waals surface area contributed by atoms with Gasteiger partial charge in [0.15, 0.2) is 6.61 Å². The highest BCUT2D eigenvalue weighted by Crippen LogP contribution is 2.26. The van der Waals surface area contributed by atoms with Crippen LogP contribution in [0.3, 0.4) is 0 Å². The largest absolute Gasteiger partial charge is 0.484 e. The van der Waals surface area contributed by atoms with Crippen LogP contribution in [-0.4, -0.2) is 36.4 Å². The van der Waals surface area contributed by atoms with Crippen molar-refractivity contribution >= 4 is 43.7 Å². The number of halogens is 2. The molecule has 0 aliphatic heterocycles. The minimum absolute atomic E-state index is 0.143. The van der Waals surface area contributed by atoms with Crippen molar-refractivity contribution in [3.05, 3.63) is 62.0 Å². The van der Waals surface area contributed by atoms with Crippen molar-refractivity contribution in [3.8, 4) is 5.75 Å². The fourth-order valence-electron chi connectivity index (χ4n) is 2.84. The Morgan fingerprint density at radius 2 is 1.79 bits per heavy atom. The van der Waals surface area contributed by atoms with E-state index in [0.29, 0.717) is 12.3 Å². The number of hydrogen-bond acceptors (Lipinski definition) is 3. The smallest absolute Gasteiger partial charge is 0.261 e. The Bertz CT molecular complexity index is 847. The summed E-state index contributed by atoms with van der Waals surface area (Å²) in [6.07, 6.45) is 0. The number of aryl methyl sites for hydroxylation is 2. The molecular formula is C21H24Br2N2O3. The van der Waals surface area contributed by atoms with E-state index in [4.69, 9.17) is 4.74 Å². The SMILES string of the molecule is CNC(=O)C(C)N(Cc1cccc(Br)c1)C(=O)COc1cc(C)c(Br)c(C)c1. The normalized spacial score (nSPS) is 11.6. The van der Waals surface area contributed by atoms with E-state index in [1.165, 1.54) is 4.90 Å². The molecular weight excluding hydrogens is 488 g/mol. The maximum absolute atomic E-state index is 12.9. The molecule has 0 saturated heterocycles. The third-order valence-electron chi connectivity index (χ3n) is 4.43. The zero-order valence-corrected chi connectivity index (χ0v) is 19.6. The topological polar surface area (TPSA) is 58.6 Å². The second-order valence-corrected chi connectivity index (χ2v) is 8.31. The van der Waals surface area contributed by atoms with Gasteiger partial charge in [-0.2, -0.15) is 0 Å². The van der Waals surface area contributed by atoms with Gasteiger partial charge >= 0.3 is 0 Å². The molecule has 150 valence electrons. The number of amides is 2. The second-order valence-electron chi connectivity index (χ2n) is 6.60. The number of carbonyl (C=O) groups excluding carboxylic acids is 2. The van der Waals surface area contributed by atoms with Crippen LogP contribution in [0.1, 0.15) is 23.6 Å². The van der Waals surface area contributed by atoms with E-state index in [1.54, 1.807) is 14.0 Å². The van der Waals surface area contributed by atoms with Crippen LogP contribution >= 0.6 is 31.9 Å². The van der Waals surface area contributed by atoms with Gasteiger partial charge in [-0.1, -0.05) is 44.0 Å². The van der Waals surface area contributed by atoms with Crippen LogP contribution in [-0.2, 0) is 16.1 Å². The van der Waals surface area contributed by atoms with E-state index < -0.39 is 6.04 Å². The van der Waals surface area contributed by atoms with E-state index >= 15 is 0 Å². The van der Waals surface area contributed by atoms with Crippen molar-refractivity contribution < 1.29 is 14.3 Å². The molecule has 2 amide bonds. The first-order chi connectivity index (χ1) is 13.2. The van der Waals surface area contributed by atoms with Gasteiger partial charge < -0.3 is 15.0 Å². The maximum atomic E-state index is 12.9. The number of hydrogen-bond donors (Lipinski definition) is 1. The Balaban J connectivity index is 2.17. The predicted octanol–water partition coefficient (Wildman–Crippen LogP) is 4.37. The lowest BCUT2D eigenvalue weighted by Crippen LogP contribution is -2.48. The zero-order chi connectivity index (χ0) is 20.8. The number of ether oxygens (including phenoxy) is 1. The number of nitrogens with one attached hydrogen (secondary N) is 1. The number of carbonyl (C=O) groups is 2. The summed E-state index contributed by atoms with van der Waals surface area (Å²) in [5.41, 5.74) is 2.99. The van der Waals surface area contributed by atoms with Crippen LogP contribution in [0.4, 0.5) is 0 Å². The molecule has 0 heterocycles. The molecule has 2 aromatic rings. The molecule has 0 aliphatic carbocycles.